The van der Waals surface area contributed by atoms with Gasteiger partial charge < -0.3 is 14.5 Å². The van der Waals surface area contributed by atoms with Crippen LogP contribution in [0.25, 0.3) is 0 Å². The van der Waals surface area contributed by atoms with Crippen molar-refractivity contribution in [2.24, 2.45) is 5.92 Å². The first-order chi connectivity index (χ1) is 11.7. The highest BCUT2D eigenvalue weighted by Crippen LogP contribution is 2.24. The molecule has 0 atom stereocenters. The van der Waals surface area contributed by atoms with Crippen molar-refractivity contribution < 1.29 is 9.53 Å². The molecule has 0 radical (unpaired) electrons. The Morgan fingerprint density at radius 2 is 1.88 bits per heavy atom. The second-order valence-electron chi connectivity index (χ2n) is 7.16. The molecular weight excluding hydrogens is 300 g/mol. The fourth-order valence-electron chi connectivity index (χ4n) is 3.93. The Kier molecular flexibility index (Phi) is 5.77. The van der Waals surface area contributed by atoms with E-state index in [1.54, 1.807) is 0 Å². The van der Waals surface area contributed by atoms with Gasteiger partial charge in [0.15, 0.2) is 0 Å². The van der Waals surface area contributed by atoms with Gasteiger partial charge in [0, 0.05) is 25.2 Å². The normalized spacial score (nSPS) is 19.7. The zero-order chi connectivity index (χ0) is 16.9. The van der Waals surface area contributed by atoms with Crippen LogP contribution in [-0.4, -0.2) is 55.0 Å². The number of benzene rings is 1. The number of amides is 1. The van der Waals surface area contributed by atoms with Crippen molar-refractivity contribution in [3.63, 3.8) is 0 Å². The van der Waals surface area contributed by atoms with Crippen molar-refractivity contribution in [3.05, 3.63) is 29.3 Å². The standard InChI is InChI=1S/C20H30N2O2/c1-3-24-19-7-6-18(14-16(19)2)20(23)22-12-8-17(9-13-22)15-21-10-4-5-11-21/h6-7,14,17H,3-5,8-13,15H2,1-2H3. The van der Waals surface area contributed by atoms with E-state index in [9.17, 15) is 4.79 Å². The summed E-state index contributed by atoms with van der Waals surface area (Å²) in [4.78, 5) is 17.4. The molecule has 0 bridgehead atoms. The van der Waals surface area contributed by atoms with Crippen molar-refractivity contribution in [2.45, 2.75) is 39.5 Å². The number of rotatable bonds is 5. The molecule has 1 aromatic rings. The van der Waals surface area contributed by atoms with Crippen molar-refractivity contribution in [2.75, 3.05) is 39.3 Å². The molecular formula is C20H30N2O2. The summed E-state index contributed by atoms with van der Waals surface area (Å²) < 4.78 is 5.56. The monoisotopic (exact) mass is 330 g/mol. The number of carbonyl (C=O) groups excluding carboxylic acids is 1. The molecule has 2 aliphatic rings. The number of hydrogen-bond donors (Lipinski definition) is 0. The minimum Gasteiger partial charge on any atom is -0.494 e. The molecule has 3 rings (SSSR count). The number of likely N-dealkylation sites (tertiary alicyclic amines) is 2. The minimum absolute atomic E-state index is 0.167. The first-order valence-corrected chi connectivity index (χ1v) is 9.42. The van der Waals surface area contributed by atoms with Crippen LogP contribution in [0, 0.1) is 12.8 Å². The lowest BCUT2D eigenvalue weighted by atomic mass is 9.95. The van der Waals surface area contributed by atoms with Gasteiger partial charge in [-0.05, 0) is 82.3 Å². The highest BCUT2D eigenvalue weighted by molar-refractivity contribution is 5.94. The van der Waals surface area contributed by atoms with Gasteiger partial charge in [-0.25, -0.2) is 0 Å². The highest BCUT2D eigenvalue weighted by atomic mass is 16.5. The molecule has 132 valence electrons. The lowest BCUT2D eigenvalue weighted by molar-refractivity contribution is 0.0673. The molecule has 4 heteroatoms. The molecule has 0 saturated carbocycles. The number of piperidine rings is 1. The van der Waals surface area contributed by atoms with Gasteiger partial charge >= 0.3 is 0 Å². The van der Waals surface area contributed by atoms with Crippen molar-refractivity contribution in [1.82, 2.24) is 9.80 Å². The van der Waals surface area contributed by atoms with E-state index in [4.69, 9.17) is 4.74 Å². The molecule has 0 aliphatic carbocycles. The third-order valence-electron chi connectivity index (χ3n) is 5.34. The van der Waals surface area contributed by atoms with E-state index >= 15 is 0 Å². The van der Waals surface area contributed by atoms with Gasteiger partial charge in [-0.15, -0.1) is 0 Å². The smallest absolute Gasteiger partial charge is 0.253 e. The average molecular weight is 330 g/mol. The number of hydrogen-bond acceptors (Lipinski definition) is 3. The number of nitrogens with zero attached hydrogens (tertiary/aromatic N) is 2. The van der Waals surface area contributed by atoms with Gasteiger partial charge in [0.1, 0.15) is 5.75 Å². The Morgan fingerprint density at radius 1 is 1.17 bits per heavy atom. The van der Waals surface area contributed by atoms with Gasteiger partial charge in [0.05, 0.1) is 6.61 Å². The quantitative estimate of drug-likeness (QED) is 0.830. The zero-order valence-electron chi connectivity index (χ0n) is 15.1. The third kappa shape index (κ3) is 4.10. The highest BCUT2D eigenvalue weighted by Gasteiger charge is 2.26. The summed E-state index contributed by atoms with van der Waals surface area (Å²) in [6.45, 7) is 10.2. The Balaban J connectivity index is 1.53. The van der Waals surface area contributed by atoms with E-state index < -0.39 is 0 Å². The molecule has 2 saturated heterocycles. The molecule has 2 aliphatic heterocycles. The molecule has 0 spiro atoms. The molecule has 2 fully saturated rings. The largest absolute Gasteiger partial charge is 0.494 e. The second-order valence-corrected chi connectivity index (χ2v) is 7.16. The van der Waals surface area contributed by atoms with Crippen LogP contribution in [0.4, 0.5) is 0 Å². The van der Waals surface area contributed by atoms with E-state index in [-0.39, 0.29) is 5.91 Å². The Hall–Kier alpha value is -1.55. The van der Waals surface area contributed by atoms with Gasteiger partial charge in [-0.1, -0.05) is 0 Å². The van der Waals surface area contributed by atoms with Crippen LogP contribution in [0.15, 0.2) is 18.2 Å². The summed E-state index contributed by atoms with van der Waals surface area (Å²) in [5, 5.41) is 0. The van der Waals surface area contributed by atoms with Crippen LogP contribution >= 0.6 is 0 Å². The Labute approximate surface area is 145 Å². The predicted octanol–water partition coefficient (Wildman–Crippen LogP) is 3.34. The topological polar surface area (TPSA) is 32.8 Å². The summed E-state index contributed by atoms with van der Waals surface area (Å²) in [6, 6.07) is 5.78. The van der Waals surface area contributed by atoms with Gasteiger partial charge in [0.2, 0.25) is 0 Å². The van der Waals surface area contributed by atoms with Crippen LogP contribution < -0.4 is 4.74 Å². The summed E-state index contributed by atoms with van der Waals surface area (Å²) >= 11 is 0. The molecule has 24 heavy (non-hydrogen) atoms. The van der Waals surface area contributed by atoms with Crippen LogP contribution in [0.1, 0.15) is 48.5 Å². The Morgan fingerprint density at radius 3 is 2.50 bits per heavy atom. The molecule has 2 heterocycles. The lowest BCUT2D eigenvalue weighted by Gasteiger charge is -2.34. The molecule has 0 N–H and O–H groups in total. The fourth-order valence-corrected chi connectivity index (χ4v) is 3.93. The maximum atomic E-state index is 12.7. The average Bonchev–Trinajstić information content (AvgIpc) is 3.10. The molecule has 0 aromatic heterocycles. The summed E-state index contributed by atoms with van der Waals surface area (Å²) in [7, 11) is 0. The first-order valence-electron chi connectivity index (χ1n) is 9.42. The second kappa shape index (κ2) is 8.02. The van der Waals surface area contributed by atoms with E-state index in [1.165, 1.54) is 32.5 Å². The maximum Gasteiger partial charge on any atom is 0.253 e. The van der Waals surface area contributed by atoms with E-state index in [1.807, 2.05) is 36.9 Å². The van der Waals surface area contributed by atoms with Gasteiger partial charge in [-0.2, -0.15) is 0 Å². The SMILES string of the molecule is CCOc1ccc(C(=O)N2CCC(CN3CCCC3)CC2)cc1C. The number of ether oxygens (including phenoxy) is 1. The van der Waals surface area contributed by atoms with E-state index in [2.05, 4.69) is 4.90 Å². The van der Waals surface area contributed by atoms with Crippen LogP contribution in [0.5, 0.6) is 5.75 Å². The first kappa shape index (κ1) is 17.3. The number of carbonyl (C=O) groups is 1. The van der Waals surface area contributed by atoms with Crippen LogP contribution in [0.2, 0.25) is 0 Å². The van der Waals surface area contributed by atoms with Crippen molar-refractivity contribution in [1.29, 1.82) is 0 Å². The zero-order valence-corrected chi connectivity index (χ0v) is 15.1. The van der Waals surface area contributed by atoms with Crippen molar-refractivity contribution in [3.8, 4) is 5.75 Å². The van der Waals surface area contributed by atoms with Crippen LogP contribution in [0.3, 0.4) is 0 Å². The molecule has 0 unspecified atom stereocenters. The van der Waals surface area contributed by atoms with Crippen molar-refractivity contribution >= 4 is 5.91 Å². The maximum absolute atomic E-state index is 12.7. The fraction of sp³-hybridized carbons (Fsp3) is 0.650. The Bertz CT molecular complexity index is 559. The number of aryl methyl sites for hydroxylation is 1. The van der Waals surface area contributed by atoms with Crippen LogP contribution in [-0.2, 0) is 0 Å². The summed E-state index contributed by atoms with van der Waals surface area (Å²) in [5.41, 5.74) is 1.82. The van der Waals surface area contributed by atoms with Gasteiger partial charge in [0.25, 0.3) is 5.91 Å². The summed E-state index contributed by atoms with van der Waals surface area (Å²) in [6.07, 6.45) is 4.99. The summed E-state index contributed by atoms with van der Waals surface area (Å²) in [5.74, 6) is 1.80. The minimum atomic E-state index is 0.167. The molecule has 4 nitrogen and oxygen atoms in total. The van der Waals surface area contributed by atoms with E-state index in [0.29, 0.717) is 6.61 Å². The lowest BCUT2D eigenvalue weighted by Crippen LogP contribution is -2.41. The molecule has 1 amide bonds. The molecule has 1 aromatic carbocycles. The predicted molar refractivity (Wildman–Crippen MR) is 96.6 cm³/mol. The third-order valence-corrected chi connectivity index (χ3v) is 5.34. The van der Waals surface area contributed by atoms with E-state index in [0.717, 1.165) is 48.7 Å². The van der Waals surface area contributed by atoms with Gasteiger partial charge in [-0.3, -0.25) is 4.79 Å².